The Morgan fingerprint density at radius 3 is 2.76 bits per heavy atom. The van der Waals surface area contributed by atoms with Gasteiger partial charge in [-0.3, -0.25) is 0 Å². The number of benzene rings is 1. The van der Waals surface area contributed by atoms with Gasteiger partial charge in [0.25, 0.3) is 0 Å². The van der Waals surface area contributed by atoms with Gasteiger partial charge in [0.2, 0.25) is 0 Å². The predicted molar refractivity (Wildman–Crippen MR) is 70.9 cm³/mol. The van der Waals surface area contributed by atoms with Crippen LogP contribution in [0, 0.1) is 9.39 Å². The van der Waals surface area contributed by atoms with E-state index in [1.807, 2.05) is 0 Å². The number of halogens is 3. The van der Waals surface area contributed by atoms with Gasteiger partial charge < -0.3 is 5.11 Å². The first-order valence-electron chi connectivity index (χ1n) is 4.42. The highest BCUT2D eigenvalue weighted by Gasteiger charge is 2.17. The van der Waals surface area contributed by atoms with Crippen LogP contribution in [0.1, 0.15) is 10.4 Å². The molecule has 0 aliphatic carbocycles. The van der Waals surface area contributed by atoms with Crippen molar-refractivity contribution in [3.8, 4) is 5.69 Å². The lowest BCUT2D eigenvalue weighted by atomic mass is 10.2. The summed E-state index contributed by atoms with van der Waals surface area (Å²) in [4.78, 5) is 10.8. The molecule has 0 unspecified atom stereocenters. The van der Waals surface area contributed by atoms with Crippen LogP contribution in [0.3, 0.4) is 0 Å². The van der Waals surface area contributed by atoms with Crippen LogP contribution in [-0.4, -0.2) is 20.9 Å². The number of carboxylic acids is 1. The van der Waals surface area contributed by atoms with Crippen molar-refractivity contribution in [3.05, 3.63) is 43.9 Å². The number of nitrogens with zero attached hydrogens (tertiary/aromatic N) is 2. The van der Waals surface area contributed by atoms with Gasteiger partial charge in [-0.2, -0.15) is 5.10 Å². The van der Waals surface area contributed by atoms with E-state index in [4.69, 9.17) is 5.11 Å². The summed E-state index contributed by atoms with van der Waals surface area (Å²) in [5, 5.41) is 12.8. The number of carboxylic acid groups (broad SMARTS) is 1. The summed E-state index contributed by atoms with van der Waals surface area (Å²) >= 11 is 4.99. The lowest BCUT2D eigenvalue weighted by Crippen LogP contribution is -2.04. The van der Waals surface area contributed by atoms with Gasteiger partial charge in [0.1, 0.15) is 5.69 Å². The molecule has 0 saturated heterocycles. The molecule has 1 aromatic carbocycles. The maximum Gasteiger partial charge on any atom is 0.336 e. The third-order valence-corrected chi connectivity index (χ3v) is 3.42. The first-order valence-corrected chi connectivity index (χ1v) is 6.29. The molecule has 4 nitrogen and oxygen atoms in total. The summed E-state index contributed by atoms with van der Waals surface area (Å²) in [6, 6.07) is 2.71. The van der Waals surface area contributed by atoms with Crippen molar-refractivity contribution in [3.63, 3.8) is 0 Å². The van der Waals surface area contributed by atoms with E-state index < -0.39 is 11.8 Å². The Labute approximate surface area is 118 Å². The molecular formula is C10H5BrFIN2O2. The van der Waals surface area contributed by atoms with Crippen LogP contribution >= 0.6 is 38.5 Å². The number of carbonyl (C=O) groups is 1. The Bertz CT molecular complexity index is 600. The van der Waals surface area contributed by atoms with E-state index >= 15 is 0 Å². The summed E-state index contributed by atoms with van der Waals surface area (Å²) < 4.78 is 16.1. The van der Waals surface area contributed by atoms with Crippen molar-refractivity contribution < 1.29 is 14.3 Å². The van der Waals surface area contributed by atoms with E-state index in [0.717, 1.165) is 3.57 Å². The van der Waals surface area contributed by atoms with Crippen LogP contribution in [0.4, 0.5) is 4.39 Å². The molecule has 17 heavy (non-hydrogen) atoms. The molecule has 2 aromatic rings. The van der Waals surface area contributed by atoms with E-state index in [0.29, 0.717) is 0 Å². The molecule has 0 saturated carbocycles. The maximum atomic E-state index is 13.9. The number of hydrogen-bond acceptors (Lipinski definition) is 2. The van der Waals surface area contributed by atoms with Crippen LogP contribution in [-0.2, 0) is 0 Å². The maximum absolute atomic E-state index is 13.9. The molecular weight excluding hydrogens is 406 g/mol. The topological polar surface area (TPSA) is 55.1 Å². The van der Waals surface area contributed by atoms with Crippen molar-refractivity contribution in [1.29, 1.82) is 0 Å². The zero-order valence-corrected chi connectivity index (χ0v) is 11.9. The lowest BCUT2D eigenvalue weighted by molar-refractivity contribution is 0.0695. The quantitative estimate of drug-likeness (QED) is 0.774. The zero-order chi connectivity index (χ0) is 12.6. The van der Waals surface area contributed by atoms with Gasteiger partial charge in [-0.15, -0.1) is 0 Å². The average Bonchev–Trinajstić information content (AvgIpc) is 2.68. The Morgan fingerprint density at radius 1 is 1.53 bits per heavy atom. The highest BCUT2D eigenvalue weighted by Crippen LogP contribution is 2.26. The van der Waals surface area contributed by atoms with Gasteiger partial charge in [-0.1, -0.05) is 0 Å². The molecule has 1 N–H and O–H groups in total. The minimum absolute atomic E-state index is 0.0759. The van der Waals surface area contributed by atoms with Crippen LogP contribution in [0.2, 0.25) is 0 Å². The molecule has 0 aliphatic rings. The number of rotatable bonds is 2. The van der Waals surface area contributed by atoms with Gasteiger partial charge in [-0.05, 0) is 50.7 Å². The molecule has 7 heteroatoms. The number of hydrogen-bond donors (Lipinski definition) is 1. The first kappa shape index (κ1) is 12.5. The zero-order valence-electron chi connectivity index (χ0n) is 8.19. The highest BCUT2D eigenvalue weighted by atomic mass is 127. The van der Waals surface area contributed by atoms with Crippen LogP contribution < -0.4 is 0 Å². The third-order valence-electron chi connectivity index (χ3n) is 2.09. The normalized spacial score (nSPS) is 10.5. The molecule has 0 amide bonds. The molecule has 88 valence electrons. The van der Waals surface area contributed by atoms with Gasteiger partial charge in [0.15, 0.2) is 5.82 Å². The van der Waals surface area contributed by atoms with Gasteiger partial charge in [-0.25, -0.2) is 13.9 Å². The third kappa shape index (κ3) is 2.34. The molecule has 0 fully saturated rings. The fourth-order valence-electron chi connectivity index (χ4n) is 1.31. The van der Waals surface area contributed by atoms with Crippen molar-refractivity contribution in [2.45, 2.75) is 0 Å². The molecule has 0 atom stereocenters. The summed E-state index contributed by atoms with van der Waals surface area (Å²) in [5.41, 5.74) is 0.0814. The monoisotopic (exact) mass is 410 g/mol. The van der Waals surface area contributed by atoms with Crippen molar-refractivity contribution in [1.82, 2.24) is 9.78 Å². The van der Waals surface area contributed by atoms with E-state index in [2.05, 4.69) is 43.6 Å². The van der Waals surface area contributed by atoms with E-state index in [-0.39, 0.29) is 15.7 Å². The van der Waals surface area contributed by atoms with Crippen LogP contribution in [0.25, 0.3) is 5.69 Å². The summed E-state index contributed by atoms with van der Waals surface area (Å²) in [7, 11) is 0. The second-order valence-corrected chi connectivity index (χ2v) is 5.21. The van der Waals surface area contributed by atoms with Gasteiger partial charge in [0.05, 0.1) is 19.8 Å². The molecule has 0 radical (unpaired) electrons. The molecule has 0 aliphatic heterocycles. The minimum Gasteiger partial charge on any atom is -0.478 e. The second kappa shape index (κ2) is 4.73. The van der Waals surface area contributed by atoms with Crippen molar-refractivity contribution in [2.24, 2.45) is 0 Å². The Balaban J connectivity index is 2.58. The fraction of sp³-hybridized carbons (Fsp3) is 0. The van der Waals surface area contributed by atoms with Crippen LogP contribution in [0.15, 0.2) is 29.0 Å². The van der Waals surface area contributed by atoms with Gasteiger partial charge in [0, 0.05) is 6.20 Å². The Morgan fingerprint density at radius 2 is 2.24 bits per heavy atom. The molecule has 0 spiro atoms. The number of aromatic nitrogens is 2. The summed E-state index contributed by atoms with van der Waals surface area (Å²) in [6.07, 6.45) is 3.23. The average molecular weight is 411 g/mol. The molecule has 2 rings (SSSR count). The van der Waals surface area contributed by atoms with Crippen molar-refractivity contribution >= 4 is 44.5 Å². The second-order valence-electron chi connectivity index (χ2n) is 3.17. The molecule has 1 aromatic heterocycles. The molecule has 1 heterocycles. The Hall–Kier alpha value is -0.960. The first-order chi connectivity index (χ1) is 8.00. The minimum atomic E-state index is -1.18. The Kier molecular flexibility index (Phi) is 3.48. The largest absolute Gasteiger partial charge is 0.478 e. The van der Waals surface area contributed by atoms with Gasteiger partial charge >= 0.3 is 5.97 Å². The van der Waals surface area contributed by atoms with E-state index in [1.165, 1.54) is 16.8 Å². The predicted octanol–water partition coefficient (Wildman–Crippen LogP) is 3.08. The van der Waals surface area contributed by atoms with Crippen molar-refractivity contribution in [2.75, 3.05) is 0 Å². The molecule has 0 bridgehead atoms. The van der Waals surface area contributed by atoms with E-state index in [1.54, 1.807) is 12.4 Å². The highest BCUT2D eigenvalue weighted by molar-refractivity contribution is 14.1. The summed E-state index contributed by atoms with van der Waals surface area (Å²) in [6.45, 7) is 0. The fourth-order valence-corrected chi connectivity index (χ4v) is 2.21. The SMILES string of the molecule is O=C(O)c1ccc(-n2cc(I)cn2)c(F)c1Br. The standard InChI is InChI=1S/C10H5BrFIN2O2/c11-8-6(10(16)17)1-2-7(9(8)12)15-4-5(13)3-14-15/h1-4H,(H,16,17). The van der Waals surface area contributed by atoms with E-state index in [9.17, 15) is 9.18 Å². The number of aromatic carboxylic acids is 1. The lowest BCUT2D eigenvalue weighted by Gasteiger charge is -2.06. The summed E-state index contributed by atoms with van der Waals surface area (Å²) in [5.74, 6) is -1.83. The van der Waals surface area contributed by atoms with Crippen LogP contribution in [0.5, 0.6) is 0 Å². The smallest absolute Gasteiger partial charge is 0.336 e.